The fourth-order valence-corrected chi connectivity index (χ4v) is 8.82. The fraction of sp³-hybridized carbons (Fsp3) is 0.487. The SMILES string of the molecule is C#Cc1c(F)ccc2cc(O)cc(-c3nc(C4CC4)c4c(N5CC6CC(C(=O)C(F)(F)F)CC(C5)N6)nc(OC)nc4c3F)c12.FC1CC2CCCN2C1. The van der Waals surface area contributed by atoms with Crippen molar-refractivity contribution < 1.29 is 41.0 Å². The van der Waals surface area contributed by atoms with E-state index in [9.17, 15) is 31.9 Å². The number of rotatable bonds is 5. The van der Waals surface area contributed by atoms with E-state index in [0.717, 1.165) is 25.8 Å². The van der Waals surface area contributed by atoms with Gasteiger partial charge in [0.1, 0.15) is 34.8 Å². The third-order valence-corrected chi connectivity index (χ3v) is 11.3. The molecule has 2 N–H and O–H groups in total. The lowest BCUT2D eigenvalue weighted by molar-refractivity contribution is -0.177. The van der Waals surface area contributed by atoms with Crippen molar-refractivity contribution >= 4 is 33.3 Å². The Kier molecular flexibility index (Phi) is 9.33. The molecule has 6 heterocycles. The number of ketones is 1. The average molecular weight is 753 g/mol. The first-order valence-corrected chi connectivity index (χ1v) is 18.2. The Bertz CT molecular complexity index is 2160. The Morgan fingerprint density at radius 3 is 2.41 bits per heavy atom. The lowest BCUT2D eigenvalue weighted by Crippen LogP contribution is -2.62. The van der Waals surface area contributed by atoms with Crippen molar-refractivity contribution in [3.8, 4) is 35.4 Å². The minimum absolute atomic E-state index is 0.00359. The maximum Gasteiger partial charge on any atom is 0.450 e. The van der Waals surface area contributed by atoms with Crippen LogP contribution in [0, 0.1) is 29.9 Å². The average Bonchev–Trinajstić information content (AvgIpc) is 3.79. The molecule has 15 heteroatoms. The number of phenolic OH excluding ortho intramolecular Hbond substituents is 1. The molecule has 284 valence electrons. The number of aromatic nitrogens is 3. The van der Waals surface area contributed by atoms with Crippen molar-refractivity contribution in [1.82, 2.24) is 25.2 Å². The van der Waals surface area contributed by atoms with Crippen LogP contribution >= 0.6 is 0 Å². The number of hydrogen-bond acceptors (Lipinski definition) is 9. The van der Waals surface area contributed by atoms with Crippen LogP contribution in [-0.2, 0) is 4.79 Å². The molecule has 2 bridgehead atoms. The highest BCUT2D eigenvalue weighted by Crippen LogP contribution is 2.48. The van der Waals surface area contributed by atoms with Gasteiger partial charge in [0, 0.05) is 60.5 Å². The first-order valence-electron chi connectivity index (χ1n) is 18.2. The molecule has 1 aliphatic carbocycles. The molecule has 4 aliphatic heterocycles. The predicted octanol–water partition coefficient (Wildman–Crippen LogP) is 6.58. The number of anilines is 1. The van der Waals surface area contributed by atoms with Gasteiger partial charge in [-0.1, -0.05) is 12.0 Å². The second-order valence-corrected chi connectivity index (χ2v) is 15.0. The minimum Gasteiger partial charge on any atom is -0.508 e. The predicted molar refractivity (Wildman–Crippen MR) is 189 cm³/mol. The van der Waals surface area contributed by atoms with E-state index in [0.29, 0.717) is 34.9 Å². The Morgan fingerprint density at radius 1 is 1.02 bits per heavy atom. The zero-order valence-electron chi connectivity index (χ0n) is 29.4. The fourth-order valence-electron chi connectivity index (χ4n) is 8.82. The van der Waals surface area contributed by atoms with Crippen LogP contribution in [0.25, 0.3) is 32.9 Å². The number of halogens is 6. The number of piperidine rings is 1. The highest BCUT2D eigenvalue weighted by atomic mass is 19.4. The van der Waals surface area contributed by atoms with Gasteiger partial charge in [-0.25, -0.2) is 18.2 Å². The number of ether oxygens (including phenoxy) is 1. The molecule has 4 aromatic rings. The molecule has 0 radical (unpaired) electrons. The topological polar surface area (TPSA) is 104 Å². The maximum atomic E-state index is 16.8. The summed E-state index contributed by atoms with van der Waals surface area (Å²) in [5, 5.41) is 14.8. The van der Waals surface area contributed by atoms with E-state index >= 15 is 4.39 Å². The molecule has 0 amide bonds. The van der Waals surface area contributed by atoms with Crippen LogP contribution in [0.3, 0.4) is 0 Å². The summed E-state index contributed by atoms with van der Waals surface area (Å²) in [6, 6.07) is 4.88. The molecule has 5 fully saturated rings. The van der Waals surface area contributed by atoms with Gasteiger partial charge in [0.15, 0.2) is 5.82 Å². The number of aromatic hydroxyl groups is 1. The van der Waals surface area contributed by atoms with E-state index in [1.165, 1.54) is 44.2 Å². The number of nitrogens with one attached hydrogen (secondary N) is 1. The van der Waals surface area contributed by atoms with Crippen LogP contribution < -0.4 is 15.0 Å². The molecule has 5 aliphatic rings. The Hall–Kier alpha value is -4.68. The van der Waals surface area contributed by atoms with Crippen molar-refractivity contribution in [2.75, 3.05) is 38.2 Å². The third kappa shape index (κ3) is 6.68. The Morgan fingerprint density at radius 2 is 1.76 bits per heavy atom. The van der Waals surface area contributed by atoms with Gasteiger partial charge in [0.2, 0.25) is 5.78 Å². The van der Waals surface area contributed by atoms with Gasteiger partial charge in [-0.3, -0.25) is 9.69 Å². The van der Waals surface area contributed by atoms with Gasteiger partial charge < -0.3 is 20.1 Å². The number of hydrogen-bond donors (Lipinski definition) is 2. The van der Waals surface area contributed by atoms with Crippen LogP contribution in [0.15, 0.2) is 24.3 Å². The summed E-state index contributed by atoms with van der Waals surface area (Å²) in [5.74, 6) is -2.01. The highest BCUT2D eigenvalue weighted by Gasteiger charge is 2.48. The Labute approximate surface area is 307 Å². The number of nitrogens with zero attached hydrogens (tertiary/aromatic N) is 5. The van der Waals surface area contributed by atoms with Crippen LogP contribution in [0.2, 0.25) is 0 Å². The number of alkyl halides is 4. The second kappa shape index (κ2) is 13.9. The summed E-state index contributed by atoms with van der Waals surface area (Å²) in [4.78, 5) is 29.9. The maximum absolute atomic E-state index is 16.8. The number of pyridine rings is 1. The first-order chi connectivity index (χ1) is 25.8. The van der Waals surface area contributed by atoms with Gasteiger partial charge in [0.05, 0.1) is 23.8 Å². The van der Waals surface area contributed by atoms with Gasteiger partial charge in [-0.05, 0) is 75.1 Å². The number of carbonyl (C=O) groups excluding carboxylic acids is 1. The lowest BCUT2D eigenvalue weighted by atomic mass is 9.82. The molecule has 4 saturated heterocycles. The summed E-state index contributed by atoms with van der Waals surface area (Å²) in [7, 11) is 1.33. The molecule has 9 rings (SSSR count). The number of phenols is 1. The number of methoxy groups -OCH3 is 1. The van der Waals surface area contributed by atoms with Crippen molar-refractivity contribution in [2.24, 2.45) is 5.92 Å². The quantitative estimate of drug-likeness (QED) is 0.173. The summed E-state index contributed by atoms with van der Waals surface area (Å²) in [6.45, 7) is 2.28. The molecular weight excluding hydrogens is 714 g/mol. The smallest absolute Gasteiger partial charge is 0.450 e. The van der Waals surface area contributed by atoms with Gasteiger partial charge >= 0.3 is 12.2 Å². The molecular formula is C39H38F6N6O3. The standard InChI is InChI=1S/C32H26F5N5O3.C7H12FN/c1-3-20-22(33)7-6-15-10-19(43)11-21(23(15)20)27-25(34)28-24(26(39-27)14-4-5-14)30(41-31(40-28)45-2)42-12-17-8-16(9-18(13-42)38-17)29(44)32(35,36)37;8-6-4-7-2-1-3-9(7)5-6/h1,6-7,10-11,14,16-18,38,43H,4-5,8-9,12-13H2,2H3;6-7H,1-5H2. The van der Waals surface area contributed by atoms with Crippen LogP contribution in [0.4, 0.5) is 32.2 Å². The van der Waals surface area contributed by atoms with Crippen LogP contribution in [0.5, 0.6) is 11.8 Å². The number of carbonyl (C=O) groups is 1. The highest BCUT2D eigenvalue weighted by molar-refractivity contribution is 6.03. The molecule has 4 atom stereocenters. The van der Waals surface area contributed by atoms with Crippen molar-refractivity contribution in [3.05, 3.63) is 47.2 Å². The molecule has 0 spiro atoms. The zero-order valence-corrected chi connectivity index (χ0v) is 29.4. The molecule has 2 aromatic carbocycles. The van der Waals surface area contributed by atoms with Crippen LogP contribution in [-0.4, -0.2) is 94.5 Å². The van der Waals surface area contributed by atoms with E-state index in [-0.39, 0.29) is 71.3 Å². The van der Waals surface area contributed by atoms with Crippen molar-refractivity contribution in [2.45, 2.75) is 81.3 Å². The van der Waals surface area contributed by atoms with Crippen molar-refractivity contribution in [3.63, 3.8) is 0 Å². The van der Waals surface area contributed by atoms with Gasteiger partial charge in [-0.15, -0.1) is 6.42 Å². The summed E-state index contributed by atoms with van der Waals surface area (Å²) >= 11 is 0. The molecule has 4 unspecified atom stereocenters. The van der Waals surface area contributed by atoms with E-state index in [2.05, 4.69) is 26.1 Å². The number of terminal acetylenes is 1. The molecule has 9 nitrogen and oxygen atoms in total. The van der Waals surface area contributed by atoms with Crippen LogP contribution in [0.1, 0.15) is 62.1 Å². The summed E-state index contributed by atoms with van der Waals surface area (Å²) in [6.07, 6.45) is 5.08. The first kappa shape index (κ1) is 36.3. The number of piperazine rings is 1. The monoisotopic (exact) mass is 752 g/mol. The van der Waals surface area contributed by atoms with E-state index in [1.54, 1.807) is 0 Å². The third-order valence-electron chi connectivity index (χ3n) is 11.3. The van der Waals surface area contributed by atoms with E-state index in [4.69, 9.17) is 16.1 Å². The summed E-state index contributed by atoms with van der Waals surface area (Å²) < 4.78 is 89.1. The van der Waals surface area contributed by atoms with E-state index in [1.807, 2.05) is 4.90 Å². The van der Waals surface area contributed by atoms with Gasteiger partial charge in [-0.2, -0.15) is 23.1 Å². The molecule has 2 aromatic heterocycles. The molecule has 54 heavy (non-hydrogen) atoms. The number of benzene rings is 2. The van der Waals surface area contributed by atoms with Gasteiger partial charge in [0.25, 0.3) is 0 Å². The number of fused-ring (bicyclic) bond motifs is 5. The van der Waals surface area contributed by atoms with E-state index < -0.39 is 47.8 Å². The second-order valence-electron chi connectivity index (χ2n) is 15.0. The zero-order chi connectivity index (χ0) is 38.1. The minimum atomic E-state index is -4.90. The number of Topliss-reactive ketones (excluding diaryl/α,β-unsaturated/α-hetero) is 1. The largest absolute Gasteiger partial charge is 0.508 e. The summed E-state index contributed by atoms with van der Waals surface area (Å²) in [5.41, 5.74) is 0.211. The Balaban J connectivity index is 0.000000399. The lowest BCUT2D eigenvalue weighted by Gasteiger charge is -2.45. The van der Waals surface area contributed by atoms with Crippen molar-refractivity contribution in [1.29, 1.82) is 0 Å². The molecule has 1 saturated carbocycles. The normalized spacial score (nSPS) is 25.3.